The summed E-state index contributed by atoms with van der Waals surface area (Å²) >= 11 is 0. The van der Waals surface area contributed by atoms with Gasteiger partial charge in [-0.25, -0.2) is 4.98 Å². The standard InChI is InChI=1S/C14H23N3O/c1-5-7-15-13-16-11(2)10-17(13)12-6-8-18-14(3,4)9-12/h5,10,12H,1,6-9H2,2-4H3,(H,15,16). The highest BCUT2D eigenvalue weighted by Crippen LogP contribution is 2.33. The molecule has 1 fully saturated rings. The highest BCUT2D eigenvalue weighted by Gasteiger charge is 2.30. The zero-order valence-electron chi connectivity index (χ0n) is 11.6. The van der Waals surface area contributed by atoms with Crippen molar-refractivity contribution in [1.29, 1.82) is 0 Å². The Kier molecular flexibility index (Phi) is 3.76. The Morgan fingerprint density at radius 2 is 2.44 bits per heavy atom. The molecule has 4 heteroatoms. The number of ether oxygens (including phenoxy) is 1. The van der Waals surface area contributed by atoms with Gasteiger partial charge in [0.2, 0.25) is 5.95 Å². The lowest BCUT2D eigenvalue weighted by Gasteiger charge is -2.36. The van der Waals surface area contributed by atoms with E-state index in [0.717, 1.165) is 37.6 Å². The maximum absolute atomic E-state index is 5.77. The van der Waals surface area contributed by atoms with E-state index in [1.165, 1.54) is 0 Å². The van der Waals surface area contributed by atoms with Crippen LogP contribution in [0, 0.1) is 6.92 Å². The Balaban J connectivity index is 2.18. The minimum Gasteiger partial charge on any atom is -0.375 e. The lowest BCUT2D eigenvalue weighted by molar-refractivity contribution is -0.0688. The lowest BCUT2D eigenvalue weighted by atomic mass is 9.94. The summed E-state index contributed by atoms with van der Waals surface area (Å²) < 4.78 is 8.03. The summed E-state index contributed by atoms with van der Waals surface area (Å²) in [5.41, 5.74) is 1.00. The molecule has 0 spiro atoms. The van der Waals surface area contributed by atoms with Gasteiger partial charge in [0.1, 0.15) is 0 Å². The first-order valence-corrected chi connectivity index (χ1v) is 6.56. The molecule has 1 saturated heterocycles. The maximum atomic E-state index is 5.77. The van der Waals surface area contributed by atoms with E-state index < -0.39 is 0 Å². The summed E-state index contributed by atoms with van der Waals surface area (Å²) in [5.74, 6) is 0.940. The van der Waals surface area contributed by atoms with Crippen LogP contribution in [0.3, 0.4) is 0 Å². The Bertz CT molecular complexity index is 423. The second-order valence-electron chi connectivity index (χ2n) is 5.54. The van der Waals surface area contributed by atoms with E-state index in [9.17, 15) is 0 Å². The van der Waals surface area contributed by atoms with Crippen LogP contribution >= 0.6 is 0 Å². The molecule has 1 aliphatic heterocycles. The number of nitrogens with zero attached hydrogens (tertiary/aromatic N) is 2. The van der Waals surface area contributed by atoms with Gasteiger partial charge < -0.3 is 14.6 Å². The predicted molar refractivity (Wildman–Crippen MR) is 74.0 cm³/mol. The number of aryl methyl sites for hydroxylation is 1. The smallest absolute Gasteiger partial charge is 0.203 e. The summed E-state index contributed by atoms with van der Waals surface area (Å²) in [7, 11) is 0. The first-order valence-electron chi connectivity index (χ1n) is 6.56. The third kappa shape index (κ3) is 2.93. The van der Waals surface area contributed by atoms with Crippen molar-refractivity contribution in [3.8, 4) is 0 Å². The highest BCUT2D eigenvalue weighted by atomic mass is 16.5. The fraction of sp³-hybridized carbons (Fsp3) is 0.643. The van der Waals surface area contributed by atoms with Crippen LogP contribution in [0.4, 0.5) is 5.95 Å². The average Bonchev–Trinajstić information content (AvgIpc) is 2.66. The van der Waals surface area contributed by atoms with E-state index in [-0.39, 0.29) is 5.60 Å². The number of hydrogen-bond donors (Lipinski definition) is 1. The second kappa shape index (κ2) is 5.14. The number of hydrogen-bond acceptors (Lipinski definition) is 3. The van der Waals surface area contributed by atoms with E-state index >= 15 is 0 Å². The third-order valence-corrected chi connectivity index (χ3v) is 3.32. The lowest BCUT2D eigenvalue weighted by Crippen LogP contribution is -2.35. The van der Waals surface area contributed by atoms with Gasteiger partial charge in [-0.2, -0.15) is 0 Å². The van der Waals surface area contributed by atoms with Gasteiger partial charge in [-0.05, 0) is 33.6 Å². The molecule has 0 aliphatic carbocycles. The van der Waals surface area contributed by atoms with Crippen molar-refractivity contribution >= 4 is 5.95 Å². The quantitative estimate of drug-likeness (QED) is 0.834. The molecule has 1 unspecified atom stereocenters. The Morgan fingerprint density at radius 3 is 3.11 bits per heavy atom. The Morgan fingerprint density at radius 1 is 1.67 bits per heavy atom. The molecule has 0 saturated carbocycles. The first kappa shape index (κ1) is 13.1. The topological polar surface area (TPSA) is 39.1 Å². The molecule has 2 heterocycles. The van der Waals surface area contributed by atoms with Crippen LogP contribution in [0.25, 0.3) is 0 Å². The number of nitrogens with one attached hydrogen (secondary N) is 1. The molecule has 0 radical (unpaired) electrons. The molecule has 2 rings (SSSR count). The molecule has 0 bridgehead atoms. The van der Waals surface area contributed by atoms with Crippen molar-refractivity contribution in [3.05, 3.63) is 24.5 Å². The van der Waals surface area contributed by atoms with E-state index in [0.29, 0.717) is 6.04 Å². The van der Waals surface area contributed by atoms with Gasteiger partial charge in [0.15, 0.2) is 0 Å². The molecule has 4 nitrogen and oxygen atoms in total. The van der Waals surface area contributed by atoms with Crippen molar-refractivity contribution in [2.75, 3.05) is 18.5 Å². The van der Waals surface area contributed by atoms with Crippen LogP contribution < -0.4 is 5.32 Å². The Hall–Kier alpha value is -1.29. The molecule has 18 heavy (non-hydrogen) atoms. The van der Waals surface area contributed by atoms with Gasteiger partial charge in [-0.15, -0.1) is 6.58 Å². The number of imidazole rings is 1. The summed E-state index contributed by atoms with van der Waals surface area (Å²) in [6.07, 6.45) is 6.04. The van der Waals surface area contributed by atoms with E-state index in [4.69, 9.17) is 4.74 Å². The summed E-state index contributed by atoms with van der Waals surface area (Å²) in [6, 6.07) is 0.460. The van der Waals surface area contributed by atoms with E-state index in [1.807, 2.05) is 13.0 Å². The normalized spacial score (nSPS) is 22.7. The molecule has 0 amide bonds. The van der Waals surface area contributed by atoms with Crippen molar-refractivity contribution < 1.29 is 4.74 Å². The van der Waals surface area contributed by atoms with Crippen LogP contribution in [-0.4, -0.2) is 28.3 Å². The summed E-state index contributed by atoms with van der Waals surface area (Å²) in [6.45, 7) is 11.6. The number of aromatic nitrogens is 2. The monoisotopic (exact) mass is 249 g/mol. The molecular formula is C14H23N3O. The molecule has 1 aliphatic rings. The number of rotatable bonds is 4. The Labute approximate surface area is 109 Å². The molecule has 100 valence electrons. The van der Waals surface area contributed by atoms with Gasteiger partial charge in [0, 0.05) is 25.4 Å². The van der Waals surface area contributed by atoms with Crippen molar-refractivity contribution in [3.63, 3.8) is 0 Å². The molecule has 1 aromatic rings. The van der Waals surface area contributed by atoms with Crippen molar-refractivity contribution in [2.24, 2.45) is 0 Å². The van der Waals surface area contributed by atoms with E-state index in [2.05, 4.69) is 41.5 Å². The zero-order chi connectivity index (χ0) is 13.2. The third-order valence-electron chi connectivity index (χ3n) is 3.32. The highest BCUT2D eigenvalue weighted by molar-refractivity contribution is 5.30. The largest absolute Gasteiger partial charge is 0.375 e. The first-order chi connectivity index (χ1) is 8.52. The number of anilines is 1. The average molecular weight is 249 g/mol. The van der Waals surface area contributed by atoms with Crippen LogP contribution in [0.5, 0.6) is 0 Å². The van der Waals surface area contributed by atoms with Crippen LogP contribution in [0.15, 0.2) is 18.9 Å². The fourth-order valence-electron chi connectivity index (χ4n) is 2.53. The van der Waals surface area contributed by atoms with Gasteiger partial charge in [0.25, 0.3) is 0 Å². The van der Waals surface area contributed by atoms with Gasteiger partial charge in [-0.1, -0.05) is 6.08 Å². The predicted octanol–water partition coefficient (Wildman–Crippen LogP) is 2.92. The van der Waals surface area contributed by atoms with Crippen LogP contribution in [-0.2, 0) is 4.74 Å². The minimum absolute atomic E-state index is 0.0448. The second-order valence-corrected chi connectivity index (χ2v) is 5.54. The SMILES string of the molecule is C=CCNc1nc(C)cn1C1CCOC(C)(C)C1. The van der Waals surface area contributed by atoms with Crippen molar-refractivity contribution in [2.45, 2.75) is 45.3 Å². The zero-order valence-corrected chi connectivity index (χ0v) is 11.6. The molecule has 1 aromatic heterocycles. The maximum Gasteiger partial charge on any atom is 0.203 e. The van der Waals surface area contributed by atoms with Gasteiger partial charge in [0.05, 0.1) is 11.3 Å². The molecule has 1 atom stereocenters. The van der Waals surface area contributed by atoms with Gasteiger partial charge in [-0.3, -0.25) is 0 Å². The fourth-order valence-corrected chi connectivity index (χ4v) is 2.53. The minimum atomic E-state index is -0.0448. The molecule has 0 aromatic carbocycles. The van der Waals surface area contributed by atoms with Crippen molar-refractivity contribution in [1.82, 2.24) is 9.55 Å². The van der Waals surface area contributed by atoms with Crippen LogP contribution in [0.1, 0.15) is 38.4 Å². The summed E-state index contributed by atoms with van der Waals surface area (Å²) in [4.78, 5) is 4.53. The van der Waals surface area contributed by atoms with Gasteiger partial charge >= 0.3 is 0 Å². The van der Waals surface area contributed by atoms with E-state index in [1.54, 1.807) is 0 Å². The molecule has 1 N–H and O–H groups in total. The van der Waals surface area contributed by atoms with Crippen LogP contribution in [0.2, 0.25) is 0 Å². The molecular weight excluding hydrogens is 226 g/mol. The summed E-state index contributed by atoms with van der Waals surface area (Å²) in [5, 5.41) is 3.30.